The maximum atomic E-state index is 11.3. The van der Waals surface area contributed by atoms with Crippen LogP contribution in [0.1, 0.15) is 5.56 Å². The molecule has 0 saturated carbocycles. The number of anilines is 1. The van der Waals surface area contributed by atoms with Gasteiger partial charge in [-0.1, -0.05) is 12.1 Å². The lowest BCUT2D eigenvalue weighted by atomic mass is 10.1. The Bertz CT molecular complexity index is 482. The third-order valence-corrected chi connectivity index (χ3v) is 2.99. The van der Waals surface area contributed by atoms with Crippen LogP contribution >= 0.6 is 11.6 Å². The Labute approximate surface area is 106 Å². The van der Waals surface area contributed by atoms with E-state index in [-0.39, 0.29) is 0 Å². The summed E-state index contributed by atoms with van der Waals surface area (Å²) in [7, 11) is -3.29. The SMILES string of the molecule is CS(=O)(=O)CC(=O)Nc1ccc(CCCl)cc1. The first-order valence-electron chi connectivity index (χ1n) is 5.03. The summed E-state index contributed by atoms with van der Waals surface area (Å²) in [5.41, 5.74) is 1.65. The molecule has 0 saturated heterocycles. The molecule has 94 valence electrons. The third-order valence-electron chi connectivity index (χ3n) is 2.01. The average Bonchev–Trinajstić information content (AvgIpc) is 2.18. The van der Waals surface area contributed by atoms with Crippen molar-refractivity contribution in [1.29, 1.82) is 0 Å². The van der Waals surface area contributed by atoms with Gasteiger partial charge in [-0.05, 0) is 24.1 Å². The standard InChI is InChI=1S/C11H14ClNO3S/c1-17(15,16)8-11(14)13-10-4-2-9(3-5-10)6-7-12/h2-5H,6-8H2,1H3,(H,13,14). The second-order valence-corrected chi connectivity index (χ2v) is 6.27. The summed E-state index contributed by atoms with van der Waals surface area (Å²) in [6, 6.07) is 7.14. The highest BCUT2D eigenvalue weighted by Gasteiger charge is 2.10. The number of benzene rings is 1. The van der Waals surface area contributed by atoms with Crippen molar-refractivity contribution in [3.8, 4) is 0 Å². The van der Waals surface area contributed by atoms with Crippen molar-refractivity contribution in [1.82, 2.24) is 0 Å². The number of hydrogen-bond acceptors (Lipinski definition) is 3. The number of halogens is 1. The van der Waals surface area contributed by atoms with Crippen LogP contribution in [0.25, 0.3) is 0 Å². The highest BCUT2D eigenvalue weighted by Crippen LogP contribution is 2.10. The molecule has 0 bridgehead atoms. The zero-order valence-corrected chi connectivity index (χ0v) is 11.0. The Hall–Kier alpha value is -1.07. The molecule has 0 aromatic heterocycles. The molecule has 1 aromatic carbocycles. The van der Waals surface area contributed by atoms with Gasteiger partial charge in [-0.25, -0.2) is 8.42 Å². The molecule has 1 amide bonds. The highest BCUT2D eigenvalue weighted by atomic mass is 35.5. The number of aryl methyl sites for hydroxylation is 1. The summed E-state index contributed by atoms with van der Waals surface area (Å²) in [6.07, 6.45) is 1.79. The van der Waals surface area contributed by atoms with Crippen molar-refractivity contribution in [3.63, 3.8) is 0 Å². The van der Waals surface area contributed by atoms with E-state index in [0.29, 0.717) is 11.6 Å². The first kappa shape index (κ1) is 14.0. The fraction of sp³-hybridized carbons (Fsp3) is 0.364. The zero-order valence-electron chi connectivity index (χ0n) is 9.44. The highest BCUT2D eigenvalue weighted by molar-refractivity contribution is 7.91. The van der Waals surface area contributed by atoms with Gasteiger partial charge in [0.25, 0.3) is 0 Å². The van der Waals surface area contributed by atoms with Crippen LogP contribution in [0.5, 0.6) is 0 Å². The maximum absolute atomic E-state index is 11.3. The van der Waals surface area contributed by atoms with Gasteiger partial charge in [0.1, 0.15) is 5.75 Å². The van der Waals surface area contributed by atoms with Crippen molar-refractivity contribution in [2.75, 3.05) is 23.2 Å². The normalized spacial score (nSPS) is 11.2. The Kier molecular flexibility index (Phi) is 4.96. The molecular formula is C11H14ClNO3S. The van der Waals surface area contributed by atoms with E-state index in [1.54, 1.807) is 12.1 Å². The number of carbonyl (C=O) groups excluding carboxylic acids is 1. The number of rotatable bonds is 5. The molecule has 1 N–H and O–H groups in total. The predicted octanol–water partition coefficient (Wildman–Crippen LogP) is 1.45. The van der Waals surface area contributed by atoms with Gasteiger partial charge in [-0.3, -0.25) is 4.79 Å². The number of amides is 1. The summed E-state index contributed by atoms with van der Waals surface area (Å²) < 4.78 is 21.8. The minimum absolute atomic E-state index is 0.504. The molecule has 0 spiro atoms. The monoisotopic (exact) mass is 275 g/mol. The van der Waals surface area contributed by atoms with Crippen LogP contribution < -0.4 is 5.32 Å². The lowest BCUT2D eigenvalue weighted by molar-refractivity contribution is -0.113. The van der Waals surface area contributed by atoms with Gasteiger partial charge in [0.05, 0.1) is 0 Å². The summed E-state index contributed by atoms with van der Waals surface area (Å²) in [5, 5.41) is 2.52. The zero-order chi connectivity index (χ0) is 12.9. The van der Waals surface area contributed by atoms with Crippen LogP contribution in [0.15, 0.2) is 24.3 Å². The number of hydrogen-bond donors (Lipinski definition) is 1. The van der Waals surface area contributed by atoms with Crippen molar-refractivity contribution >= 4 is 33.0 Å². The summed E-state index contributed by atoms with van der Waals surface area (Å²) in [4.78, 5) is 11.3. The smallest absolute Gasteiger partial charge is 0.239 e. The molecule has 0 unspecified atom stereocenters. The van der Waals surface area contributed by atoms with E-state index in [1.165, 1.54) is 0 Å². The number of nitrogens with one attached hydrogen (secondary N) is 1. The molecule has 1 rings (SSSR count). The van der Waals surface area contributed by atoms with Gasteiger partial charge in [0.15, 0.2) is 9.84 Å². The fourth-order valence-electron chi connectivity index (χ4n) is 1.30. The number of alkyl halides is 1. The second-order valence-electron chi connectivity index (χ2n) is 3.75. The first-order valence-corrected chi connectivity index (χ1v) is 7.63. The third kappa shape index (κ3) is 5.70. The fourth-order valence-corrected chi connectivity index (χ4v) is 2.07. The van der Waals surface area contributed by atoms with Crippen LogP contribution in [0.2, 0.25) is 0 Å². The first-order chi connectivity index (χ1) is 7.90. The van der Waals surface area contributed by atoms with E-state index in [2.05, 4.69) is 5.32 Å². The van der Waals surface area contributed by atoms with E-state index in [1.807, 2.05) is 12.1 Å². The topological polar surface area (TPSA) is 63.2 Å². The van der Waals surface area contributed by atoms with Crippen molar-refractivity contribution in [2.45, 2.75) is 6.42 Å². The minimum Gasteiger partial charge on any atom is -0.325 e. The van der Waals surface area contributed by atoms with Crippen LogP contribution in [0.4, 0.5) is 5.69 Å². The minimum atomic E-state index is -3.29. The predicted molar refractivity (Wildman–Crippen MR) is 69.2 cm³/mol. The number of sulfone groups is 1. The molecule has 0 aliphatic carbocycles. The summed E-state index contributed by atoms with van der Waals surface area (Å²) >= 11 is 5.60. The Balaban J connectivity index is 2.60. The van der Waals surface area contributed by atoms with Crippen molar-refractivity contribution in [2.24, 2.45) is 0 Å². The van der Waals surface area contributed by atoms with Crippen LogP contribution in [-0.2, 0) is 21.1 Å². The average molecular weight is 276 g/mol. The van der Waals surface area contributed by atoms with Crippen molar-refractivity contribution in [3.05, 3.63) is 29.8 Å². The van der Waals surface area contributed by atoms with Crippen LogP contribution in [-0.4, -0.2) is 32.2 Å². The van der Waals surface area contributed by atoms with Gasteiger partial charge in [0, 0.05) is 17.8 Å². The molecule has 0 aliphatic rings. The van der Waals surface area contributed by atoms with E-state index in [4.69, 9.17) is 11.6 Å². The Morgan fingerprint density at radius 3 is 2.35 bits per heavy atom. The van der Waals surface area contributed by atoms with Gasteiger partial charge < -0.3 is 5.32 Å². The molecule has 0 atom stereocenters. The van der Waals surface area contributed by atoms with Crippen molar-refractivity contribution < 1.29 is 13.2 Å². The largest absolute Gasteiger partial charge is 0.325 e. The van der Waals surface area contributed by atoms with Gasteiger partial charge in [-0.15, -0.1) is 11.6 Å². The van der Waals surface area contributed by atoms with E-state index in [0.717, 1.165) is 18.2 Å². The molecule has 4 nitrogen and oxygen atoms in total. The summed E-state index contributed by atoms with van der Waals surface area (Å²) in [6.45, 7) is 0. The van der Waals surface area contributed by atoms with Crippen LogP contribution in [0, 0.1) is 0 Å². The molecule has 17 heavy (non-hydrogen) atoms. The molecule has 0 heterocycles. The second kappa shape index (κ2) is 6.02. The molecule has 0 radical (unpaired) electrons. The van der Waals surface area contributed by atoms with Crippen LogP contribution in [0.3, 0.4) is 0 Å². The quantitative estimate of drug-likeness (QED) is 0.828. The molecule has 0 fully saturated rings. The lowest BCUT2D eigenvalue weighted by Gasteiger charge is -2.05. The van der Waals surface area contributed by atoms with E-state index >= 15 is 0 Å². The van der Waals surface area contributed by atoms with Gasteiger partial charge in [0.2, 0.25) is 5.91 Å². The molecule has 1 aromatic rings. The van der Waals surface area contributed by atoms with E-state index in [9.17, 15) is 13.2 Å². The summed E-state index contributed by atoms with van der Waals surface area (Å²) in [5.74, 6) is -0.492. The van der Waals surface area contributed by atoms with Gasteiger partial charge in [-0.2, -0.15) is 0 Å². The maximum Gasteiger partial charge on any atom is 0.239 e. The Morgan fingerprint density at radius 1 is 1.29 bits per heavy atom. The Morgan fingerprint density at radius 2 is 1.88 bits per heavy atom. The number of carbonyl (C=O) groups is 1. The van der Waals surface area contributed by atoms with E-state index < -0.39 is 21.5 Å². The molecular weight excluding hydrogens is 262 g/mol. The lowest BCUT2D eigenvalue weighted by Crippen LogP contribution is -2.21. The molecule has 6 heteroatoms. The van der Waals surface area contributed by atoms with Gasteiger partial charge >= 0.3 is 0 Å². The molecule has 0 aliphatic heterocycles.